The molecule has 1 aromatic rings. The lowest BCUT2D eigenvalue weighted by Crippen LogP contribution is -2.33. The highest BCUT2D eigenvalue weighted by Gasteiger charge is 2.32. The summed E-state index contributed by atoms with van der Waals surface area (Å²) in [6, 6.07) is 1.60. The van der Waals surface area contributed by atoms with Crippen LogP contribution in [0.25, 0.3) is 0 Å². The Balaban J connectivity index is 2.10. The Kier molecular flexibility index (Phi) is 3.97. The third-order valence-corrected chi connectivity index (χ3v) is 5.37. The van der Waals surface area contributed by atoms with E-state index in [0.29, 0.717) is 6.42 Å². The molecule has 1 aliphatic carbocycles. The summed E-state index contributed by atoms with van der Waals surface area (Å²) in [4.78, 5) is 8.02. The number of aromatic nitrogens is 2. The van der Waals surface area contributed by atoms with Crippen LogP contribution in [0.3, 0.4) is 0 Å². The Labute approximate surface area is 108 Å². The first-order valence-electron chi connectivity index (χ1n) is 6.19. The lowest BCUT2D eigenvalue weighted by molar-refractivity contribution is 0.305. The van der Waals surface area contributed by atoms with Crippen molar-refractivity contribution in [3.05, 3.63) is 24.3 Å². The van der Waals surface area contributed by atoms with Crippen molar-refractivity contribution in [2.45, 2.75) is 37.0 Å². The van der Waals surface area contributed by atoms with E-state index in [-0.39, 0.29) is 17.2 Å². The van der Waals surface area contributed by atoms with Crippen LogP contribution in [0.5, 0.6) is 0 Å². The molecule has 0 spiro atoms. The zero-order valence-corrected chi connectivity index (χ0v) is 11.3. The van der Waals surface area contributed by atoms with Gasteiger partial charge < -0.3 is 5.73 Å². The minimum Gasteiger partial charge on any atom is -0.322 e. The smallest absolute Gasteiger partial charge is 0.150 e. The number of rotatable bonds is 3. The molecule has 6 heteroatoms. The summed E-state index contributed by atoms with van der Waals surface area (Å²) >= 11 is 0. The van der Waals surface area contributed by atoms with Crippen molar-refractivity contribution in [2.24, 2.45) is 11.7 Å². The molecule has 1 aliphatic rings. The van der Waals surface area contributed by atoms with Crippen LogP contribution >= 0.6 is 0 Å². The monoisotopic (exact) mass is 269 g/mol. The molecule has 2 rings (SSSR count). The molecule has 100 valence electrons. The Morgan fingerprint density at radius 2 is 2.22 bits per heavy atom. The average molecular weight is 269 g/mol. The molecule has 0 aliphatic heterocycles. The van der Waals surface area contributed by atoms with E-state index in [2.05, 4.69) is 9.97 Å². The molecule has 1 aromatic heterocycles. The average Bonchev–Trinajstić information content (AvgIpc) is 2.38. The van der Waals surface area contributed by atoms with Crippen molar-refractivity contribution in [2.75, 3.05) is 6.26 Å². The van der Waals surface area contributed by atoms with Crippen molar-refractivity contribution < 1.29 is 8.42 Å². The first-order chi connectivity index (χ1) is 8.48. The van der Waals surface area contributed by atoms with E-state index in [4.69, 9.17) is 5.73 Å². The molecular weight excluding hydrogens is 250 g/mol. The Morgan fingerprint density at radius 3 is 2.83 bits per heavy atom. The molecule has 2 N–H and O–H groups in total. The lowest BCUT2D eigenvalue weighted by Gasteiger charge is -2.31. The summed E-state index contributed by atoms with van der Waals surface area (Å²) in [5, 5.41) is -0.246. The molecular formula is C12H19N3O2S. The van der Waals surface area contributed by atoms with Crippen molar-refractivity contribution >= 4 is 9.84 Å². The summed E-state index contributed by atoms with van der Waals surface area (Å²) in [7, 11) is -2.96. The van der Waals surface area contributed by atoms with E-state index in [1.807, 2.05) is 0 Å². The highest BCUT2D eigenvalue weighted by atomic mass is 32.2. The molecule has 0 bridgehead atoms. The molecule has 0 saturated heterocycles. The van der Waals surface area contributed by atoms with Crippen LogP contribution in [0.4, 0.5) is 0 Å². The Morgan fingerprint density at radius 1 is 1.44 bits per heavy atom. The van der Waals surface area contributed by atoms with Crippen molar-refractivity contribution in [3.63, 3.8) is 0 Å². The predicted octanol–water partition coefficient (Wildman–Crippen LogP) is 1.08. The molecule has 18 heavy (non-hydrogen) atoms. The molecule has 0 radical (unpaired) electrons. The van der Waals surface area contributed by atoms with Crippen molar-refractivity contribution in [3.8, 4) is 0 Å². The highest BCUT2D eigenvalue weighted by Crippen LogP contribution is 2.34. The fraction of sp³-hybridized carbons (Fsp3) is 0.667. The van der Waals surface area contributed by atoms with Crippen LogP contribution in [0.1, 0.15) is 37.4 Å². The summed E-state index contributed by atoms with van der Waals surface area (Å²) in [6.45, 7) is 0. The minimum absolute atomic E-state index is 0.188. The van der Waals surface area contributed by atoms with E-state index in [1.54, 1.807) is 12.3 Å². The van der Waals surface area contributed by atoms with Gasteiger partial charge >= 0.3 is 0 Å². The maximum atomic E-state index is 11.6. The van der Waals surface area contributed by atoms with Crippen LogP contribution in [0.15, 0.2) is 18.6 Å². The summed E-state index contributed by atoms with van der Waals surface area (Å²) in [5.74, 6) is 0.188. The fourth-order valence-electron chi connectivity index (χ4n) is 2.64. The Bertz CT molecular complexity index is 489. The molecule has 1 saturated carbocycles. The number of hydrogen-bond acceptors (Lipinski definition) is 5. The van der Waals surface area contributed by atoms with E-state index in [0.717, 1.165) is 25.0 Å². The van der Waals surface area contributed by atoms with E-state index in [1.165, 1.54) is 12.6 Å². The van der Waals surface area contributed by atoms with Crippen LogP contribution < -0.4 is 5.73 Å². The van der Waals surface area contributed by atoms with Gasteiger partial charge in [-0.2, -0.15) is 0 Å². The van der Waals surface area contributed by atoms with Gasteiger partial charge in [-0.3, -0.25) is 0 Å². The second kappa shape index (κ2) is 5.32. The third kappa shape index (κ3) is 3.05. The standard InChI is InChI=1S/C12H19N3O2S/c1-18(16,17)10-4-2-3-9(7-10)12(13)11-5-6-14-8-15-11/h5-6,8-10,12H,2-4,7,13H2,1H3. The SMILES string of the molecule is CS(=O)(=O)C1CCCC(C(N)c2ccncn2)C1. The van der Waals surface area contributed by atoms with Crippen LogP contribution in [-0.4, -0.2) is 29.9 Å². The molecule has 5 nitrogen and oxygen atoms in total. The number of sulfone groups is 1. The third-order valence-electron chi connectivity index (χ3n) is 3.73. The van der Waals surface area contributed by atoms with Gasteiger partial charge in [-0.25, -0.2) is 18.4 Å². The summed E-state index contributed by atoms with van der Waals surface area (Å²) < 4.78 is 23.2. The number of hydrogen-bond donors (Lipinski definition) is 1. The van der Waals surface area contributed by atoms with Gasteiger partial charge in [0, 0.05) is 18.5 Å². The molecule has 3 atom stereocenters. The molecule has 3 unspecified atom stereocenters. The number of nitrogens with zero attached hydrogens (tertiary/aromatic N) is 2. The second-order valence-electron chi connectivity index (χ2n) is 5.04. The zero-order chi connectivity index (χ0) is 13.2. The van der Waals surface area contributed by atoms with Crippen molar-refractivity contribution in [1.82, 2.24) is 9.97 Å². The van der Waals surface area contributed by atoms with Gasteiger partial charge in [0.2, 0.25) is 0 Å². The normalized spacial score (nSPS) is 26.8. The van der Waals surface area contributed by atoms with E-state index in [9.17, 15) is 8.42 Å². The molecule has 1 heterocycles. The summed E-state index contributed by atoms with van der Waals surface area (Å²) in [6.07, 6.45) is 7.75. The van der Waals surface area contributed by atoms with Gasteiger partial charge in [0.1, 0.15) is 16.2 Å². The second-order valence-corrected chi connectivity index (χ2v) is 7.36. The maximum absolute atomic E-state index is 11.6. The van der Waals surface area contributed by atoms with Crippen LogP contribution in [0.2, 0.25) is 0 Å². The maximum Gasteiger partial charge on any atom is 0.150 e. The van der Waals surface area contributed by atoms with Gasteiger partial charge in [0.05, 0.1) is 10.9 Å². The predicted molar refractivity (Wildman–Crippen MR) is 69.6 cm³/mol. The van der Waals surface area contributed by atoms with Gasteiger partial charge in [0.25, 0.3) is 0 Å². The van der Waals surface area contributed by atoms with E-state index >= 15 is 0 Å². The quantitative estimate of drug-likeness (QED) is 0.887. The topological polar surface area (TPSA) is 85.9 Å². The Hall–Kier alpha value is -1.01. The lowest BCUT2D eigenvalue weighted by atomic mass is 9.83. The molecule has 0 aromatic carbocycles. The van der Waals surface area contributed by atoms with Gasteiger partial charge in [-0.15, -0.1) is 0 Å². The highest BCUT2D eigenvalue weighted by molar-refractivity contribution is 7.91. The van der Waals surface area contributed by atoms with Gasteiger partial charge in [-0.05, 0) is 31.2 Å². The van der Waals surface area contributed by atoms with Crippen molar-refractivity contribution in [1.29, 1.82) is 0 Å². The van der Waals surface area contributed by atoms with Crippen LogP contribution in [0, 0.1) is 5.92 Å². The minimum atomic E-state index is -2.96. The van der Waals surface area contributed by atoms with E-state index < -0.39 is 9.84 Å². The largest absolute Gasteiger partial charge is 0.322 e. The first-order valence-corrected chi connectivity index (χ1v) is 8.14. The first kappa shape index (κ1) is 13.4. The van der Waals surface area contributed by atoms with Gasteiger partial charge in [0.15, 0.2) is 0 Å². The van der Waals surface area contributed by atoms with Gasteiger partial charge in [-0.1, -0.05) is 6.42 Å². The fourth-order valence-corrected chi connectivity index (χ4v) is 3.83. The van der Waals surface area contributed by atoms with Crippen LogP contribution in [-0.2, 0) is 9.84 Å². The molecule has 1 fully saturated rings. The number of nitrogens with two attached hydrogens (primary N) is 1. The summed E-state index contributed by atoms with van der Waals surface area (Å²) in [5.41, 5.74) is 6.99. The molecule has 0 amide bonds. The zero-order valence-electron chi connectivity index (χ0n) is 10.5.